The predicted molar refractivity (Wildman–Crippen MR) is 31.2 cm³/mol. The Bertz CT molecular complexity index is 102. The van der Waals surface area contributed by atoms with Crippen molar-refractivity contribution in [1.82, 2.24) is 0 Å². The number of aliphatic hydroxyl groups is 2. The minimum absolute atomic E-state index is 0.178. The number of ether oxygens (including phenoxy) is 2. The SMILES string of the molecule is CCOC(=O)OC(O)CO. The highest BCUT2D eigenvalue weighted by Crippen LogP contribution is 1.89. The second kappa shape index (κ2) is 5.01. The van der Waals surface area contributed by atoms with Crippen LogP contribution in [-0.2, 0) is 9.47 Å². The molecule has 0 fully saturated rings. The average molecular weight is 150 g/mol. The van der Waals surface area contributed by atoms with Gasteiger partial charge in [0, 0.05) is 0 Å². The molecule has 60 valence electrons. The number of hydrogen-bond donors (Lipinski definition) is 2. The first-order valence-corrected chi connectivity index (χ1v) is 2.83. The summed E-state index contributed by atoms with van der Waals surface area (Å²) in [4.78, 5) is 10.3. The summed E-state index contributed by atoms with van der Waals surface area (Å²) in [5.41, 5.74) is 0. The van der Waals surface area contributed by atoms with E-state index in [-0.39, 0.29) is 6.61 Å². The zero-order valence-electron chi connectivity index (χ0n) is 5.61. The number of hydrogen-bond acceptors (Lipinski definition) is 5. The molecule has 5 nitrogen and oxygen atoms in total. The van der Waals surface area contributed by atoms with Crippen LogP contribution in [0.4, 0.5) is 4.79 Å². The van der Waals surface area contributed by atoms with Gasteiger partial charge in [-0.2, -0.15) is 0 Å². The zero-order valence-corrected chi connectivity index (χ0v) is 5.61. The molecule has 0 heterocycles. The highest BCUT2D eigenvalue weighted by Gasteiger charge is 2.08. The standard InChI is InChI=1S/C5H10O5/c1-2-9-5(8)10-4(7)3-6/h4,6-7H,2-3H2,1H3. The van der Waals surface area contributed by atoms with Gasteiger partial charge >= 0.3 is 6.16 Å². The number of rotatable bonds is 3. The lowest BCUT2D eigenvalue weighted by atomic mass is 10.7. The fourth-order valence-electron chi connectivity index (χ4n) is 0.300. The van der Waals surface area contributed by atoms with E-state index in [0.29, 0.717) is 0 Å². The maximum absolute atomic E-state index is 10.3. The molecule has 0 aliphatic heterocycles. The van der Waals surface area contributed by atoms with E-state index in [9.17, 15) is 4.79 Å². The van der Waals surface area contributed by atoms with E-state index in [0.717, 1.165) is 0 Å². The van der Waals surface area contributed by atoms with Crippen molar-refractivity contribution in [1.29, 1.82) is 0 Å². The topological polar surface area (TPSA) is 76.0 Å². The van der Waals surface area contributed by atoms with Gasteiger partial charge in [0.05, 0.1) is 6.61 Å². The van der Waals surface area contributed by atoms with E-state index < -0.39 is 19.1 Å². The molecule has 0 aromatic heterocycles. The molecule has 0 bridgehead atoms. The summed E-state index contributed by atoms with van der Waals surface area (Å²) in [7, 11) is 0. The van der Waals surface area contributed by atoms with E-state index in [1.807, 2.05) is 0 Å². The maximum atomic E-state index is 10.3. The molecule has 1 atom stereocenters. The first kappa shape index (κ1) is 9.19. The molecular weight excluding hydrogens is 140 g/mol. The van der Waals surface area contributed by atoms with Crippen molar-refractivity contribution < 1.29 is 24.5 Å². The molecule has 10 heavy (non-hydrogen) atoms. The molecular formula is C5H10O5. The van der Waals surface area contributed by atoms with Crippen LogP contribution in [0.15, 0.2) is 0 Å². The van der Waals surface area contributed by atoms with Crippen molar-refractivity contribution in [3.63, 3.8) is 0 Å². The molecule has 0 aromatic carbocycles. The molecule has 0 saturated heterocycles. The van der Waals surface area contributed by atoms with Crippen LogP contribution in [-0.4, -0.2) is 35.9 Å². The van der Waals surface area contributed by atoms with Crippen LogP contribution in [0.25, 0.3) is 0 Å². The van der Waals surface area contributed by atoms with Crippen LogP contribution < -0.4 is 0 Å². The lowest BCUT2D eigenvalue weighted by Gasteiger charge is -2.07. The Morgan fingerprint density at radius 3 is 2.70 bits per heavy atom. The summed E-state index contributed by atoms with van der Waals surface area (Å²) in [5, 5.41) is 16.7. The van der Waals surface area contributed by atoms with Gasteiger partial charge < -0.3 is 19.7 Å². The molecule has 5 heteroatoms. The van der Waals surface area contributed by atoms with E-state index >= 15 is 0 Å². The minimum atomic E-state index is -1.49. The number of aliphatic hydroxyl groups excluding tert-OH is 2. The van der Waals surface area contributed by atoms with Gasteiger partial charge in [0.25, 0.3) is 0 Å². The predicted octanol–water partition coefficient (Wildman–Crippen LogP) is -0.530. The van der Waals surface area contributed by atoms with Gasteiger partial charge in [0.2, 0.25) is 6.29 Å². The third kappa shape index (κ3) is 4.11. The number of carbonyl (C=O) groups is 1. The van der Waals surface area contributed by atoms with Gasteiger partial charge in [-0.05, 0) is 6.92 Å². The Labute approximate surface area is 58.2 Å². The molecule has 0 saturated carbocycles. The zero-order chi connectivity index (χ0) is 7.98. The molecule has 0 radical (unpaired) electrons. The largest absolute Gasteiger partial charge is 0.510 e. The molecule has 0 aliphatic rings. The molecule has 0 aliphatic carbocycles. The Morgan fingerprint density at radius 1 is 1.70 bits per heavy atom. The summed E-state index contributed by atoms with van der Waals surface area (Å²) in [5.74, 6) is 0. The van der Waals surface area contributed by atoms with Crippen LogP contribution >= 0.6 is 0 Å². The van der Waals surface area contributed by atoms with Crippen molar-refractivity contribution in [3.8, 4) is 0 Å². The Balaban J connectivity index is 3.37. The maximum Gasteiger partial charge on any atom is 0.510 e. The average Bonchev–Trinajstić information content (AvgIpc) is 1.88. The smallest absolute Gasteiger partial charge is 0.435 e. The summed E-state index contributed by atoms with van der Waals surface area (Å²) in [6.07, 6.45) is -2.47. The van der Waals surface area contributed by atoms with Crippen LogP contribution in [0.2, 0.25) is 0 Å². The van der Waals surface area contributed by atoms with E-state index in [2.05, 4.69) is 9.47 Å². The molecule has 0 rings (SSSR count). The van der Waals surface area contributed by atoms with Crippen LogP contribution in [0, 0.1) is 0 Å². The van der Waals surface area contributed by atoms with Gasteiger partial charge in [0.15, 0.2) is 0 Å². The lowest BCUT2D eigenvalue weighted by Crippen LogP contribution is -2.21. The van der Waals surface area contributed by atoms with Gasteiger partial charge in [0.1, 0.15) is 6.61 Å². The summed E-state index contributed by atoms with van der Waals surface area (Å²) in [6, 6.07) is 0. The molecule has 0 amide bonds. The first-order valence-electron chi connectivity index (χ1n) is 2.83. The third-order valence-corrected chi connectivity index (χ3v) is 0.651. The highest BCUT2D eigenvalue weighted by molar-refractivity contribution is 5.59. The van der Waals surface area contributed by atoms with Gasteiger partial charge in [-0.15, -0.1) is 0 Å². The molecule has 0 aromatic rings. The van der Waals surface area contributed by atoms with Gasteiger partial charge in [-0.25, -0.2) is 4.79 Å². The second-order valence-corrected chi connectivity index (χ2v) is 1.44. The van der Waals surface area contributed by atoms with E-state index in [4.69, 9.17) is 10.2 Å². The van der Waals surface area contributed by atoms with Crippen molar-refractivity contribution >= 4 is 6.16 Å². The fraction of sp³-hybridized carbons (Fsp3) is 0.800. The van der Waals surface area contributed by atoms with Crippen LogP contribution in [0.3, 0.4) is 0 Å². The normalized spacial score (nSPS) is 12.3. The van der Waals surface area contributed by atoms with E-state index in [1.54, 1.807) is 6.92 Å². The quantitative estimate of drug-likeness (QED) is 0.417. The summed E-state index contributed by atoms with van der Waals surface area (Å²) in [6.45, 7) is 1.16. The Morgan fingerprint density at radius 2 is 2.30 bits per heavy atom. The third-order valence-electron chi connectivity index (χ3n) is 0.651. The van der Waals surface area contributed by atoms with Crippen molar-refractivity contribution in [2.75, 3.05) is 13.2 Å². The van der Waals surface area contributed by atoms with Gasteiger partial charge in [-0.1, -0.05) is 0 Å². The molecule has 0 spiro atoms. The van der Waals surface area contributed by atoms with Gasteiger partial charge in [-0.3, -0.25) is 0 Å². The molecule has 1 unspecified atom stereocenters. The van der Waals surface area contributed by atoms with Crippen molar-refractivity contribution in [2.24, 2.45) is 0 Å². The summed E-state index contributed by atoms with van der Waals surface area (Å²) >= 11 is 0. The fourth-order valence-corrected chi connectivity index (χ4v) is 0.300. The van der Waals surface area contributed by atoms with E-state index in [1.165, 1.54) is 0 Å². The van der Waals surface area contributed by atoms with Crippen molar-refractivity contribution in [3.05, 3.63) is 0 Å². The Kier molecular flexibility index (Phi) is 4.61. The molecule has 2 N–H and O–H groups in total. The lowest BCUT2D eigenvalue weighted by molar-refractivity contribution is -0.103. The van der Waals surface area contributed by atoms with Crippen molar-refractivity contribution in [2.45, 2.75) is 13.2 Å². The summed E-state index contributed by atoms with van der Waals surface area (Å²) < 4.78 is 8.37. The highest BCUT2D eigenvalue weighted by atomic mass is 16.8. The number of carbonyl (C=O) groups excluding carboxylic acids is 1. The monoisotopic (exact) mass is 150 g/mol. The van der Waals surface area contributed by atoms with Crippen LogP contribution in [0.5, 0.6) is 0 Å². The second-order valence-electron chi connectivity index (χ2n) is 1.44. The Hall–Kier alpha value is -0.810. The van der Waals surface area contributed by atoms with Crippen LogP contribution in [0.1, 0.15) is 6.92 Å². The first-order chi connectivity index (χ1) is 4.70. The minimum Gasteiger partial charge on any atom is -0.435 e.